The molecule has 0 aromatic rings. The van der Waals surface area contributed by atoms with Crippen LogP contribution in [0.1, 0.15) is 0 Å². The average Bonchev–Trinajstić information content (AvgIpc) is 2.56. The molecule has 0 bridgehead atoms. The summed E-state index contributed by atoms with van der Waals surface area (Å²) < 4.78 is 5.05. The monoisotopic (exact) mass is 344 g/mol. The standard InChI is InChI=1S/C12H24O11/c13-1-4(16)10(21)12(22,6(17)3-15)11-9(20)8(19)7(18)5(2-14)23-11/h4-11,13-22H,1-3H2/t4-,5+,6+,7+,8-,9+,10+,11+,12+/m0/s1. The van der Waals surface area contributed by atoms with Crippen LogP contribution in [0.3, 0.4) is 0 Å². The topological polar surface area (TPSA) is 212 Å². The maximum absolute atomic E-state index is 10.6. The summed E-state index contributed by atoms with van der Waals surface area (Å²) in [5, 5.41) is 96.4. The molecule has 11 nitrogen and oxygen atoms in total. The van der Waals surface area contributed by atoms with Gasteiger partial charge in [-0.05, 0) is 0 Å². The molecule has 0 radical (unpaired) electrons. The molecule has 1 rings (SSSR count). The molecule has 1 fully saturated rings. The van der Waals surface area contributed by atoms with E-state index in [1.165, 1.54) is 0 Å². The van der Waals surface area contributed by atoms with Gasteiger partial charge < -0.3 is 55.8 Å². The minimum atomic E-state index is -2.93. The van der Waals surface area contributed by atoms with Crippen LogP contribution in [-0.2, 0) is 4.74 Å². The van der Waals surface area contributed by atoms with Crippen molar-refractivity contribution in [3.63, 3.8) is 0 Å². The highest BCUT2D eigenvalue weighted by Gasteiger charge is 2.59. The summed E-state index contributed by atoms with van der Waals surface area (Å²) in [5.74, 6) is 0. The molecule has 1 heterocycles. The highest BCUT2D eigenvalue weighted by Crippen LogP contribution is 2.34. The van der Waals surface area contributed by atoms with Crippen LogP contribution in [0.2, 0.25) is 0 Å². The van der Waals surface area contributed by atoms with Crippen molar-refractivity contribution in [2.45, 2.75) is 54.4 Å². The SMILES string of the molecule is OC[C@@H](O)[C@@](O)([C@H](O)[C@@H](O)CO)[C@@H]1O[C@H](CO)[C@@H](O)[C@H](O)[C@H]1O. The Morgan fingerprint density at radius 3 is 1.87 bits per heavy atom. The Kier molecular flexibility index (Phi) is 7.25. The van der Waals surface area contributed by atoms with Gasteiger partial charge in [0, 0.05) is 0 Å². The third-order valence-electron chi connectivity index (χ3n) is 4.08. The lowest BCUT2D eigenvalue weighted by molar-refractivity contribution is -0.312. The van der Waals surface area contributed by atoms with Crippen molar-refractivity contribution in [3.8, 4) is 0 Å². The van der Waals surface area contributed by atoms with E-state index in [1.54, 1.807) is 0 Å². The molecule has 1 aliphatic rings. The summed E-state index contributed by atoms with van der Waals surface area (Å²) in [6.45, 7) is -2.98. The van der Waals surface area contributed by atoms with Gasteiger partial charge in [0.25, 0.3) is 0 Å². The van der Waals surface area contributed by atoms with Gasteiger partial charge in [0.2, 0.25) is 0 Å². The van der Waals surface area contributed by atoms with Crippen molar-refractivity contribution in [2.24, 2.45) is 0 Å². The Balaban J connectivity index is 3.24. The van der Waals surface area contributed by atoms with Crippen molar-refractivity contribution in [1.82, 2.24) is 0 Å². The van der Waals surface area contributed by atoms with Crippen LogP contribution < -0.4 is 0 Å². The molecule has 23 heavy (non-hydrogen) atoms. The summed E-state index contributed by atoms with van der Waals surface area (Å²) in [6.07, 6.45) is -15.6. The van der Waals surface area contributed by atoms with Crippen LogP contribution in [0.5, 0.6) is 0 Å². The van der Waals surface area contributed by atoms with Gasteiger partial charge in [0.15, 0.2) is 0 Å². The molecule has 0 aromatic carbocycles. The Hall–Kier alpha value is -0.440. The minimum absolute atomic E-state index is 0.828. The molecule has 0 aromatic heterocycles. The minimum Gasteiger partial charge on any atom is -0.394 e. The summed E-state index contributed by atoms with van der Waals surface area (Å²) in [6, 6.07) is 0. The van der Waals surface area contributed by atoms with E-state index in [0.717, 1.165) is 0 Å². The Morgan fingerprint density at radius 2 is 1.43 bits per heavy atom. The Morgan fingerprint density at radius 1 is 0.870 bits per heavy atom. The van der Waals surface area contributed by atoms with E-state index in [2.05, 4.69) is 0 Å². The van der Waals surface area contributed by atoms with Gasteiger partial charge in [-0.3, -0.25) is 0 Å². The molecule has 1 saturated heterocycles. The van der Waals surface area contributed by atoms with Gasteiger partial charge in [-0.15, -0.1) is 0 Å². The molecule has 0 aliphatic carbocycles. The van der Waals surface area contributed by atoms with Crippen LogP contribution in [0.4, 0.5) is 0 Å². The zero-order chi connectivity index (χ0) is 17.9. The second kappa shape index (κ2) is 8.09. The first-order chi connectivity index (χ1) is 10.7. The largest absolute Gasteiger partial charge is 0.394 e. The van der Waals surface area contributed by atoms with E-state index in [0.29, 0.717) is 0 Å². The lowest BCUT2D eigenvalue weighted by atomic mass is 9.76. The molecule has 0 saturated carbocycles. The first kappa shape index (κ1) is 20.6. The van der Waals surface area contributed by atoms with Crippen LogP contribution in [0.15, 0.2) is 0 Å². The summed E-state index contributed by atoms with van der Waals surface area (Å²) in [4.78, 5) is 0. The summed E-state index contributed by atoms with van der Waals surface area (Å²) >= 11 is 0. The molecule has 0 amide bonds. The number of aliphatic hydroxyl groups is 10. The highest BCUT2D eigenvalue weighted by molar-refractivity contribution is 5.08. The van der Waals surface area contributed by atoms with Gasteiger partial charge in [-0.2, -0.15) is 0 Å². The lowest BCUT2D eigenvalue weighted by Crippen LogP contribution is -2.73. The maximum atomic E-state index is 10.6. The Labute approximate surface area is 131 Å². The number of hydrogen-bond donors (Lipinski definition) is 10. The number of hydrogen-bond acceptors (Lipinski definition) is 11. The first-order valence-electron chi connectivity index (χ1n) is 6.95. The molecule has 138 valence electrons. The number of ether oxygens (including phenoxy) is 1. The molecular formula is C12H24O11. The third kappa shape index (κ3) is 3.65. The molecule has 1 aliphatic heterocycles. The normalized spacial score (nSPS) is 38.6. The van der Waals surface area contributed by atoms with Crippen LogP contribution in [0, 0.1) is 0 Å². The first-order valence-corrected chi connectivity index (χ1v) is 6.95. The van der Waals surface area contributed by atoms with E-state index in [9.17, 15) is 35.7 Å². The van der Waals surface area contributed by atoms with Crippen LogP contribution >= 0.6 is 0 Å². The maximum Gasteiger partial charge on any atom is 0.150 e. The van der Waals surface area contributed by atoms with Gasteiger partial charge in [-0.25, -0.2) is 0 Å². The quantitative estimate of drug-likeness (QED) is 0.210. The average molecular weight is 344 g/mol. The fourth-order valence-electron chi connectivity index (χ4n) is 2.59. The number of aliphatic hydroxyl groups excluding tert-OH is 9. The van der Waals surface area contributed by atoms with Crippen molar-refractivity contribution in [2.75, 3.05) is 19.8 Å². The van der Waals surface area contributed by atoms with E-state index in [1.807, 2.05) is 0 Å². The van der Waals surface area contributed by atoms with Crippen molar-refractivity contribution in [1.29, 1.82) is 0 Å². The van der Waals surface area contributed by atoms with Crippen LogP contribution in [-0.4, -0.2) is 125 Å². The fraction of sp³-hybridized carbons (Fsp3) is 1.00. The second-order valence-corrected chi connectivity index (χ2v) is 5.53. The van der Waals surface area contributed by atoms with Crippen molar-refractivity contribution >= 4 is 0 Å². The molecule has 9 atom stereocenters. The molecule has 0 spiro atoms. The summed E-state index contributed by atoms with van der Waals surface area (Å²) in [5.41, 5.74) is -2.93. The Bertz CT molecular complexity index is 367. The van der Waals surface area contributed by atoms with E-state index in [4.69, 9.17) is 20.1 Å². The van der Waals surface area contributed by atoms with Gasteiger partial charge in [-0.1, -0.05) is 0 Å². The van der Waals surface area contributed by atoms with Crippen molar-refractivity contribution < 1.29 is 55.8 Å². The highest BCUT2D eigenvalue weighted by atomic mass is 16.6. The third-order valence-corrected chi connectivity index (χ3v) is 4.08. The predicted molar refractivity (Wildman–Crippen MR) is 70.9 cm³/mol. The van der Waals surface area contributed by atoms with Crippen molar-refractivity contribution in [3.05, 3.63) is 0 Å². The van der Waals surface area contributed by atoms with E-state index in [-0.39, 0.29) is 0 Å². The zero-order valence-corrected chi connectivity index (χ0v) is 12.1. The smallest absolute Gasteiger partial charge is 0.150 e. The second-order valence-electron chi connectivity index (χ2n) is 5.53. The van der Waals surface area contributed by atoms with E-state index < -0.39 is 74.3 Å². The van der Waals surface area contributed by atoms with Gasteiger partial charge in [0.05, 0.1) is 19.8 Å². The predicted octanol–water partition coefficient (Wildman–Crippen LogP) is -6.37. The fourth-order valence-corrected chi connectivity index (χ4v) is 2.59. The summed E-state index contributed by atoms with van der Waals surface area (Å²) in [7, 11) is 0. The molecule has 10 N–H and O–H groups in total. The van der Waals surface area contributed by atoms with Gasteiger partial charge in [0.1, 0.15) is 54.4 Å². The molecular weight excluding hydrogens is 320 g/mol. The zero-order valence-electron chi connectivity index (χ0n) is 12.1. The lowest BCUT2D eigenvalue weighted by Gasteiger charge is -2.50. The number of rotatable bonds is 7. The van der Waals surface area contributed by atoms with Crippen LogP contribution in [0.25, 0.3) is 0 Å². The van der Waals surface area contributed by atoms with E-state index >= 15 is 0 Å². The molecule has 0 unspecified atom stereocenters. The molecule has 11 heteroatoms. The van der Waals surface area contributed by atoms with Gasteiger partial charge >= 0.3 is 0 Å².